The van der Waals surface area contributed by atoms with Gasteiger partial charge in [0.2, 0.25) is 5.12 Å². The molecule has 0 aliphatic carbocycles. The van der Waals surface area contributed by atoms with Crippen molar-refractivity contribution < 1.29 is 24.6 Å². The number of nitrogens with one attached hydrogen (secondary N) is 1. The highest BCUT2D eigenvalue weighted by Crippen LogP contribution is 2.36. The summed E-state index contributed by atoms with van der Waals surface area (Å²) < 4.78 is 0. The molecule has 0 saturated carbocycles. The molecule has 0 bridgehead atoms. The molecule has 0 saturated heterocycles. The van der Waals surface area contributed by atoms with Gasteiger partial charge in [0.25, 0.3) is 10.2 Å². The molecule has 0 heterocycles. The molecule has 0 amide bonds. The fourth-order valence-electron chi connectivity index (χ4n) is 2.30. The van der Waals surface area contributed by atoms with E-state index < -0.39 is 28.0 Å². The lowest BCUT2D eigenvalue weighted by Gasteiger charge is -2.16. The molecule has 0 fully saturated rings. The van der Waals surface area contributed by atoms with Crippen LogP contribution in [-0.4, -0.2) is 33.8 Å². The van der Waals surface area contributed by atoms with E-state index in [2.05, 4.69) is 15.0 Å². The van der Waals surface area contributed by atoms with Crippen LogP contribution in [0.1, 0.15) is 29.8 Å². The normalized spacial score (nSPS) is 10.9. The van der Waals surface area contributed by atoms with Gasteiger partial charge in [0.15, 0.2) is 0 Å². The smallest absolute Gasteiger partial charge is 0.294 e. The van der Waals surface area contributed by atoms with Crippen molar-refractivity contribution in [2.75, 3.05) is 17.7 Å². The summed E-state index contributed by atoms with van der Waals surface area (Å²) in [5.74, 6) is -0.242. The van der Waals surface area contributed by atoms with Gasteiger partial charge in [-0.2, -0.15) is 0 Å². The van der Waals surface area contributed by atoms with Crippen LogP contribution >= 0.6 is 35.0 Å². The van der Waals surface area contributed by atoms with Crippen molar-refractivity contribution in [3.63, 3.8) is 0 Å². The molecule has 1 unspecified atom stereocenters. The second kappa shape index (κ2) is 13.6. The summed E-state index contributed by atoms with van der Waals surface area (Å²) in [5.41, 5.74) is 1.88. The fourth-order valence-corrected chi connectivity index (χ4v) is 3.59. The maximum atomic E-state index is 12.7. The topological polar surface area (TPSA) is 134 Å². The van der Waals surface area contributed by atoms with Crippen molar-refractivity contribution in [3.8, 4) is 0 Å². The van der Waals surface area contributed by atoms with E-state index in [0.717, 1.165) is 5.56 Å². The summed E-state index contributed by atoms with van der Waals surface area (Å²) in [5, 5.41) is 22.0. The van der Waals surface area contributed by atoms with Crippen LogP contribution in [-0.2, 0) is 9.68 Å². The SMILES string of the molecule is CC.Cc1ccc(Cl)c(Nc2ccccc2C(=O)SCC(CO[N+](=O)[O-])O[N+](=O)[O-])c1Cl. The van der Waals surface area contributed by atoms with Crippen molar-refractivity contribution in [3.05, 3.63) is 77.8 Å². The van der Waals surface area contributed by atoms with Crippen molar-refractivity contribution in [1.29, 1.82) is 0 Å². The van der Waals surface area contributed by atoms with Crippen LogP contribution in [0.25, 0.3) is 0 Å². The van der Waals surface area contributed by atoms with E-state index in [9.17, 15) is 25.0 Å². The Morgan fingerprint density at radius 1 is 1.12 bits per heavy atom. The zero-order valence-corrected chi connectivity index (χ0v) is 19.7. The number of hydrogen-bond donors (Lipinski definition) is 1. The van der Waals surface area contributed by atoms with E-state index in [1.807, 2.05) is 13.8 Å². The van der Waals surface area contributed by atoms with Gasteiger partial charge in [-0.05, 0) is 30.7 Å². The van der Waals surface area contributed by atoms with E-state index in [1.54, 1.807) is 43.3 Å². The maximum absolute atomic E-state index is 12.7. The number of anilines is 2. The molecule has 10 nitrogen and oxygen atoms in total. The standard InChI is InChI=1S/C17H15Cl2N3O7S.C2H6/c1-10-6-7-13(18)16(15(10)19)20-14-5-3-2-4-12(14)17(23)30-9-11(29-22(26)27)8-28-21(24)25;1-2/h2-7,11,20H,8-9H2,1H3;1-2H3. The summed E-state index contributed by atoms with van der Waals surface area (Å²) in [6, 6.07) is 9.95. The zero-order chi connectivity index (χ0) is 24.3. The Morgan fingerprint density at radius 3 is 2.41 bits per heavy atom. The molecule has 1 N–H and O–H groups in total. The van der Waals surface area contributed by atoms with Crippen molar-refractivity contribution >= 4 is 51.5 Å². The van der Waals surface area contributed by atoms with Gasteiger partial charge in [-0.1, -0.05) is 67.0 Å². The van der Waals surface area contributed by atoms with Crippen LogP contribution < -0.4 is 5.32 Å². The average Bonchev–Trinajstić information content (AvgIpc) is 2.77. The van der Waals surface area contributed by atoms with Crippen molar-refractivity contribution in [1.82, 2.24) is 0 Å². The number of rotatable bonds is 10. The Bertz CT molecular complexity index is 963. The molecule has 32 heavy (non-hydrogen) atoms. The predicted molar refractivity (Wildman–Crippen MR) is 124 cm³/mol. The maximum Gasteiger partial charge on any atom is 0.294 e. The van der Waals surface area contributed by atoms with Gasteiger partial charge < -0.3 is 15.0 Å². The summed E-state index contributed by atoms with van der Waals surface area (Å²) in [7, 11) is 0. The fraction of sp³-hybridized carbons (Fsp3) is 0.316. The Morgan fingerprint density at radius 2 is 1.78 bits per heavy atom. The second-order valence-corrected chi connectivity index (χ2v) is 7.57. The van der Waals surface area contributed by atoms with Gasteiger partial charge in [0, 0.05) is 5.75 Å². The van der Waals surface area contributed by atoms with Crippen LogP contribution in [0.4, 0.5) is 11.4 Å². The number of nitrogens with zero attached hydrogens (tertiary/aromatic N) is 2. The Balaban J connectivity index is 0.00000249. The number of aryl methyl sites for hydroxylation is 1. The number of halogens is 2. The van der Waals surface area contributed by atoms with Crippen LogP contribution in [0.2, 0.25) is 10.0 Å². The van der Waals surface area contributed by atoms with Crippen molar-refractivity contribution in [2.24, 2.45) is 0 Å². The lowest BCUT2D eigenvalue weighted by Crippen LogP contribution is -2.27. The molecule has 0 aromatic heterocycles. The highest BCUT2D eigenvalue weighted by Gasteiger charge is 2.20. The van der Waals surface area contributed by atoms with Crippen LogP contribution in [0.5, 0.6) is 0 Å². The van der Waals surface area contributed by atoms with Gasteiger partial charge in [-0.3, -0.25) is 4.79 Å². The minimum absolute atomic E-state index is 0.242. The number of carbonyl (C=O) groups is 1. The van der Waals surface area contributed by atoms with E-state index in [0.29, 0.717) is 33.2 Å². The molecule has 0 aliphatic rings. The third-order valence-corrected chi connectivity index (χ3v) is 5.51. The third-order valence-electron chi connectivity index (χ3n) is 3.69. The highest BCUT2D eigenvalue weighted by atomic mass is 35.5. The lowest BCUT2D eigenvalue weighted by atomic mass is 10.1. The minimum atomic E-state index is -1.31. The quantitative estimate of drug-likeness (QED) is 0.317. The molecule has 2 rings (SSSR count). The van der Waals surface area contributed by atoms with E-state index in [4.69, 9.17) is 23.2 Å². The van der Waals surface area contributed by atoms with Gasteiger partial charge >= 0.3 is 0 Å². The number of para-hydroxylation sites is 1. The summed E-state index contributed by atoms with van der Waals surface area (Å²) in [6.07, 6.45) is -1.31. The molecular weight excluding hydrogens is 485 g/mol. The van der Waals surface area contributed by atoms with Gasteiger partial charge in [0.1, 0.15) is 12.7 Å². The average molecular weight is 506 g/mol. The first kappa shape index (κ1) is 27.3. The Labute approximate surface area is 198 Å². The lowest BCUT2D eigenvalue weighted by molar-refractivity contribution is -0.788. The monoisotopic (exact) mass is 505 g/mol. The van der Waals surface area contributed by atoms with Crippen molar-refractivity contribution in [2.45, 2.75) is 26.9 Å². The Hall–Kier alpha value is -2.76. The highest BCUT2D eigenvalue weighted by molar-refractivity contribution is 8.14. The second-order valence-electron chi connectivity index (χ2n) is 5.79. The summed E-state index contributed by atoms with van der Waals surface area (Å²) in [4.78, 5) is 42.0. The first-order chi connectivity index (χ1) is 15.2. The summed E-state index contributed by atoms with van der Waals surface area (Å²) in [6.45, 7) is 5.11. The van der Waals surface area contributed by atoms with Gasteiger partial charge in [-0.25, -0.2) is 0 Å². The number of hydrogen-bond acceptors (Lipinski definition) is 9. The van der Waals surface area contributed by atoms with Gasteiger partial charge in [0.05, 0.1) is 27.0 Å². The van der Waals surface area contributed by atoms with E-state index in [-0.39, 0.29) is 11.3 Å². The minimum Gasteiger partial charge on any atom is -0.352 e. The molecule has 0 spiro atoms. The molecule has 1 atom stereocenters. The van der Waals surface area contributed by atoms with Crippen LogP contribution in [0, 0.1) is 27.2 Å². The van der Waals surface area contributed by atoms with Crippen LogP contribution in [0.15, 0.2) is 36.4 Å². The summed E-state index contributed by atoms with van der Waals surface area (Å²) >= 11 is 13.2. The molecule has 0 radical (unpaired) electrons. The number of benzene rings is 2. The first-order valence-corrected chi connectivity index (χ1v) is 11.0. The molecule has 2 aromatic carbocycles. The van der Waals surface area contributed by atoms with Gasteiger partial charge in [-0.15, -0.1) is 20.2 Å². The van der Waals surface area contributed by atoms with Crippen LogP contribution in [0.3, 0.4) is 0 Å². The van der Waals surface area contributed by atoms with E-state index in [1.165, 1.54) is 0 Å². The molecule has 0 aliphatic heterocycles. The van der Waals surface area contributed by atoms with E-state index >= 15 is 0 Å². The molecule has 13 heteroatoms. The molecular formula is C19H21Cl2N3O7S. The predicted octanol–water partition coefficient (Wildman–Crippen LogP) is 5.73. The number of thioether (sulfide) groups is 1. The largest absolute Gasteiger partial charge is 0.352 e. The number of carbonyl (C=O) groups excluding carboxylic acids is 1. The zero-order valence-electron chi connectivity index (χ0n) is 17.4. The third kappa shape index (κ3) is 8.40. The molecule has 174 valence electrons. The molecule has 2 aromatic rings. The Kier molecular flexibility index (Phi) is 11.6. The first-order valence-electron chi connectivity index (χ1n) is 9.25.